The Morgan fingerprint density at radius 1 is 1.41 bits per heavy atom. The predicted octanol–water partition coefficient (Wildman–Crippen LogP) is 3.48. The highest BCUT2D eigenvalue weighted by molar-refractivity contribution is 6.36. The summed E-state index contributed by atoms with van der Waals surface area (Å²) in [5.74, 6) is 1.00. The van der Waals surface area contributed by atoms with Crippen LogP contribution in [0.15, 0.2) is 35.6 Å². The van der Waals surface area contributed by atoms with E-state index in [1.807, 2.05) is 37.6 Å². The van der Waals surface area contributed by atoms with Crippen LogP contribution >= 0.6 is 23.2 Å². The Labute approximate surface area is 170 Å². The molecule has 6 nitrogen and oxygen atoms in total. The van der Waals surface area contributed by atoms with Gasteiger partial charge in [-0.15, -0.1) is 0 Å². The Bertz CT molecular complexity index is 787. The smallest absolute Gasteiger partial charge is 0.193 e. The number of rotatable bonds is 4. The van der Waals surface area contributed by atoms with Crippen molar-refractivity contribution in [1.29, 1.82) is 0 Å². The van der Waals surface area contributed by atoms with Crippen LogP contribution < -0.4 is 5.32 Å². The van der Waals surface area contributed by atoms with E-state index in [0.717, 1.165) is 30.2 Å². The van der Waals surface area contributed by atoms with Gasteiger partial charge in [-0.05, 0) is 17.7 Å². The molecule has 0 saturated carbocycles. The number of morpholine rings is 1. The van der Waals surface area contributed by atoms with Gasteiger partial charge in [0.2, 0.25) is 0 Å². The van der Waals surface area contributed by atoms with Crippen LogP contribution in [0.4, 0.5) is 0 Å². The molecule has 2 atom stereocenters. The van der Waals surface area contributed by atoms with Gasteiger partial charge in [0.15, 0.2) is 5.96 Å². The largest absolute Gasteiger partial charge is 0.370 e. The Kier molecular flexibility index (Phi) is 6.63. The fraction of sp³-hybridized carbons (Fsp3) is 0.474. The lowest BCUT2D eigenvalue weighted by Crippen LogP contribution is -2.48. The summed E-state index contributed by atoms with van der Waals surface area (Å²) in [6.45, 7) is 4.95. The van der Waals surface area contributed by atoms with Gasteiger partial charge in [-0.3, -0.25) is 9.67 Å². The van der Waals surface area contributed by atoms with E-state index >= 15 is 0 Å². The van der Waals surface area contributed by atoms with Gasteiger partial charge in [-0.25, -0.2) is 0 Å². The third kappa shape index (κ3) is 4.75. The average molecular weight is 410 g/mol. The molecule has 1 fully saturated rings. The zero-order valence-electron chi connectivity index (χ0n) is 15.8. The lowest BCUT2D eigenvalue weighted by Gasteiger charge is -2.35. The first-order valence-corrected chi connectivity index (χ1v) is 9.74. The fourth-order valence-electron chi connectivity index (χ4n) is 3.31. The molecule has 8 heteroatoms. The van der Waals surface area contributed by atoms with Crippen LogP contribution in [0.5, 0.6) is 0 Å². The van der Waals surface area contributed by atoms with Crippen molar-refractivity contribution in [3.05, 3.63) is 51.8 Å². The second kappa shape index (κ2) is 8.95. The van der Waals surface area contributed by atoms with Gasteiger partial charge in [-0.2, -0.15) is 5.10 Å². The maximum absolute atomic E-state index is 6.33. The molecule has 1 aromatic carbocycles. The maximum Gasteiger partial charge on any atom is 0.193 e. The number of halogens is 2. The zero-order valence-corrected chi connectivity index (χ0v) is 17.3. The van der Waals surface area contributed by atoms with E-state index < -0.39 is 0 Å². The van der Waals surface area contributed by atoms with Crippen molar-refractivity contribution in [3.63, 3.8) is 0 Å². The molecule has 1 aliphatic heterocycles. The van der Waals surface area contributed by atoms with Gasteiger partial charge in [0.25, 0.3) is 0 Å². The molecule has 2 aromatic rings. The summed E-state index contributed by atoms with van der Waals surface area (Å²) in [7, 11) is 3.70. The van der Waals surface area contributed by atoms with Crippen molar-refractivity contribution in [2.45, 2.75) is 18.9 Å². The van der Waals surface area contributed by atoms with E-state index in [1.54, 1.807) is 11.7 Å². The van der Waals surface area contributed by atoms with Crippen LogP contribution in [-0.4, -0.2) is 53.9 Å². The van der Waals surface area contributed by atoms with Gasteiger partial charge in [-0.1, -0.05) is 36.2 Å². The molecule has 0 amide bonds. The highest BCUT2D eigenvalue weighted by atomic mass is 35.5. The van der Waals surface area contributed by atoms with Crippen molar-refractivity contribution in [2.75, 3.05) is 33.3 Å². The first-order valence-electron chi connectivity index (χ1n) is 8.99. The van der Waals surface area contributed by atoms with Gasteiger partial charge in [0, 0.05) is 54.9 Å². The number of aryl methyl sites for hydroxylation is 1. The Balaban J connectivity index is 1.63. The second-order valence-corrected chi connectivity index (χ2v) is 7.53. The number of aromatic nitrogens is 2. The van der Waals surface area contributed by atoms with E-state index in [-0.39, 0.29) is 12.0 Å². The summed E-state index contributed by atoms with van der Waals surface area (Å²) in [5.41, 5.74) is 2.04. The molecule has 1 aliphatic rings. The lowest BCUT2D eigenvalue weighted by molar-refractivity contribution is -0.00803. The van der Waals surface area contributed by atoms with Crippen LogP contribution in [0.1, 0.15) is 30.1 Å². The maximum atomic E-state index is 6.33. The molecular weight excluding hydrogens is 385 g/mol. The van der Waals surface area contributed by atoms with E-state index in [4.69, 9.17) is 27.9 Å². The van der Waals surface area contributed by atoms with E-state index in [1.165, 1.54) is 0 Å². The number of ether oxygens (including phenoxy) is 1. The van der Waals surface area contributed by atoms with E-state index in [9.17, 15) is 0 Å². The predicted molar refractivity (Wildman–Crippen MR) is 110 cm³/mol. The highest BCUT2D eigenvalue weighted by Gasteiger charge is 2.25. The molecule has 1 saturated heterocycles. The quantitative estimate of drug-likeness (QED) is 0.620. The van der Waals surface area contributed by atoms with Gasteiger partial charge < -0.3 is 15.0 Å². The number of benzene rings is 1. The van der Waals surface area contributed by atoms with E-state index in [2.05, 4.69) is 27.2 Å². The van der Waals surface area contributed by atoms with Crippen LogP contribution in [0.25, 0.3) is 0 Å². The summed E-state index contributed by atoms with van der Waals surface area (Å²) in [5, 5.41) is 9.07. The first kappa shape index (κ1) is 20.0. The second-order valence-electron chi connectivity index (χ2n) is 6.72. The number of nitrogens with zero attached hydrogens (tertiary/aromatic N) is 4. The summed E-state index contributed by atoms with van der Waals surface area (Å²) in [6, 6.07) is 5.60. The van der Waals surface area contributed by atoms with Gasteiger partial charge >= 0.3 is 0 Å². The van der Waals surface area contributed by atoms with Crippen molar-refractivity contribution in [1.82, 2.24) is 20.0 Å². The fourth-order valence-corrected chi connectivity index (χ4v) is 4.08. The SMILES string of the molecule is CN=C(NCC(C)c1c(Cl)cccc1Cl)N1CCOC(c2cnn(C)c2)C1. The molecule has 1 N–H and O–H groups in total. The number of hydrogen-bond acceptors (Lipinski definition) is 3. The molecule has 0 aliphatic carbocycles. The Morgan fingerprint density at radius 2 is 2.15 bits per heavy atom. The molecule has 27 heavy (non-hydrogen) atoms. The van der Waals surface area contributed by atoms with Crippen LogP contribution in [0.2, 0.25) is 10.0 Å². The van der Waals surface area contributed by atoms with Gasteiger partial charge in [0.05, 0.1) is 19.3 Å². The number of guanidine groups is 1. The molecule has 2 heterocycles. The zero-order chi connectivity index (χ0) is 19.4. The van der Waals surface area contributed by atoms with Crippen molar-refractivity contribution >= 4 is 29.2 Å². The summed E-state index contributed by atoms with van der Waals surface area (Å²) >= 11 is 12.7. The minimum Gasteiger partial charge on any atom is -0.370 e. The molecule has 146 valence electrons. The lowest BCUT2D eigenvalue weighted by atomic mass is 10.0. The third-order valence-electron chi connectivity index (χ3n) is 4.73. The molecule has 1 aromatic heterocycles. The molecule has 3 rings (SSSR count). The standard InChI is InChI=1S/C19H25Cl2N5O/c1-13(18-15(20)5-4-6-16(18)21)9-23-19(22-2)26-7-8-27-17(12-26)14-10-24-25(3)11-14/h4-6,10-11,13,17H,7-9,12H2,1-3H3,(H,22,23). The molecule has 0 bridgehead atoms. The molecule has 2 unspecified atom stereocenters. The topological polar surface area (TPSA) is 54.7 Å². The summed E-state index contributed by atoms with van der Waals surface area (Å²) in [6.07, 6.45) is 3.83. The van der Waals surface area contributed by atoms with E-state index in [0.29, 0.717) is 23.2 Å². The summed E-state index contributed by atoms with van der Waals surface area (Å²) < 4.78 is 7.71. The monoisotopic (exact) mass is 409 g/mol. The minimum atomic E-state index is -0.0126. The van der Waals surface area contributed by atoms with Crippen molar-refractivity contribution < 1.29 is 4.74 Å². The average Bonchev–Trinajstić information content (AvgIpc) is 3.09. The molecular formula is C19H25Cl2N5O. The molecule has 0 spiro atoms. The molecule has 0 radical (unpaired) electrons. The van der Waals surface area contributed by atoms with Crippen LogP contribution in [0.3, 0.4) is 0 Å². The Hall–Kier alpha value is -1.76. The highest BCUT2D eigenvalue weighted by Crippen LogP contribution is 2.31. The minimum absolute atomic E-state index is 0.0126. The number of hydrogen-bond donors (Lipinski definition) is 1. The first-order chi connectivity index (χ1) is 13.0. The van der Waals surface area contributed by atoms with Gasteiger partial charge in [0.1, 0.15) is 6.10 Å². The normalized spacial score (nSPS) is 19.2. The third-order valence-corrected chi connectivity index (χ3v) is 5.39. The van der Waals surface area contributed by atoms with Crippen LogP contribution in [0, 0.1) is 0 Å². The van der Waals surface area contributed by atoms with Crippen molar-refractivity contribution in [2.24, 2.45) is 12.0 Å². The number of nitrogens with one attached hydrogen (secondary N) is 1. The van der Waals surface area contributed by atoms with Crippen molar-refractivity contribution in [3.8, 4) is 0 Å². The Morgan fingerprint density at radius 3 is 2.78 bits per heavy atom. The van der Waals surface area contributed by atoms with Crippen LogP contribution in [-0.2, 0) is 11.8 Å². The number of aliphatic imine (C=N–C) groups is 1. The summed E-state index contributed by atoms with van der Waals surface area (Å²) in [4.78, 5) is 6.66.